The Morgan fingerprint density at radius 3 is 2.56 bits per heavy atom. The zero-order valence-electron chi connectivity index (χ0n) is 9.54. The number of rotatable bonds is 4. The molecule has 4 nitrogen and oxygen atoms in total. The summed E-state index contributed by atoms with van der Waals surface area (Å²) in [6, 6.07) is 6.95. The molecule has 0 saturated carbocycles. The van der Waals surface area contributed by atoms with Gasteiger partial charge in [-0.25, -0.2) is 0 Å². The first kappa shape index (κ1) is 12.2. The fourth-order valence-electron chi connectivity index (χ4n) is 1.31. The van der Waals surface area contributed by atoms with Crippen LogP contribution in [-0.4, -0.2) is 18.4 Å². The van der Waals surface area contributed by atoms with E-state index in [0.29, 0.717) is 17.8 Å². The maximum atomic E-state index is 11.7. The first-order valence-corrected chi connectivity index (χ1v) is 5.30. The molecule has 1 aromatic rings. The highest BCUT2D eigenvalue weighted by molar-refractivity contribution is 6.03. The third kappa shape index (κ3) is 3.38. The number of carbonyl (C=O) groups is 2. The fraction of sp³-hybridized carbons (Fsp3) is 0.333. The fourth-order valence-corrected chi connectivity index (χ4v) is 1.31. The molecule has 0 heterocycles. The molecule has 4 heteroatoms. The highest BCUT2D eigenvalue weighted by Crippen LogP contribution is 2.14. The highest BCUT2D eigenvalue weighted by Gasteiger charge is 2.10. The van der Waals surface area contributed by atoms with Crippen LogP contribution in [0.5, 0.6) is 0 Å². The highest BCUT2D eigenvalue weighted by atomic mass is 16.2. The number of amides is 2. The third-order valence-electron chi connectivity index (χ3n) is 2.02. The Morgan fingerprint density at radius 2 is 1.94 bits per heavy atom. The van der Waals surface area contributed by atoms with Crippen molar-refractivity contribution in [2.75, 3.05) is 11.9 Å². The van der Waals surface area contributed by atoms with E-state index in [1.54, 1.807) is 24.3 Å². The normalized spacial score (nSPS) is 9.62. The standard InChI is InChI=1S/C12H16N2O2/c1-3-8-13-12(16)10-6-4-5-7-11(10)14-9(2)15/h4-7H,3,8H2,1-2H3,(H,13,16)(H,14,15). The van der Waals surface area contributed by atoms with E-state index in [1.165, 1.54) is 6.92 Å². The van der Waals surface area contributed by atoms with E-state index in [4.69, 9.17) is 0 Å². The molecule has 2 amide bonds. The van der Waals surface area contributed by atoms with Crippen LogP contribution in [0.2, 0.25) is 0 Å². The lowest BCUT2D eigenvalue weighted by Gasteiger charge is -2.09. The second-order valence-electron chi connectivity index (χ2n) is 3.48. The van der Waals surface area contributed by atoms with Gasteiger partial charge in [0.2, 0.25) is 5.91 Å². The van der Waals surface area contributed by atoms with Crippen LogP contribution in [0, 0.1) is 0 Å². The Labute approximate surface area is 95.0 Å². The summed E-state index contributed by atoms with van der Waals surface area (Å²) in [5, 5.41) is 5.40. The van der Waals surface area contributed by atoms with E-state index in [1.807, 2.05) is 6.92 Å². The van der Waals surface area contributed by atoms with Crippen LogP contribution in [0.15, 0.2) is 24.3 Å². The van der Waals surface area contributed by atoms with Crippen molar-refractivity contribution < 1.29 is 9.59 Å². The zero-order valence-corrected chi connectivity index (χ0v) is 9.54. The van der Waals surface area contributed by atoms with Crippen molar-refractivity contribution in [3.8, 4) is 0 Å². The van der Waals surface area contributed by atoms with Crippen LogP contribution in [0.25, 0.3) is 0 Å². The van der Waals surface area contributed by atoms with Gasteiger partial charge in [0.1, 0.15) is 0 Å². The van der Waals surface area contributed by atoms with Crippen molar-refractivity contribution in [3.05, 3.63) is 29.8 Å². The molecular formula is C12H16N2O2. The number of benzene rings is 1. The molecule has 0 fully saturated rings. The number of anilines is 1. The second kappa shape index (κ2) is 5.90. The van der Waals surface area contributed by atoms with Crippen molar-refractivity contribution in [2.45, 2.75) is 20.3 Å². The van der Waals surface area contributed by atoms with Crippen molar-refractivity contribution in [1.29, 1.82) is 0 Å². The van der Waals surface area contributed by atoms with Gasteiger partial charge in [0.05, 0.1) is 11.3 Å². The van der Waals surface area contributed by atoms with Crippen molar-refractivity contribution >= 4 is 17.5 Å². The molecule has 0 aromatic heterocycles. The van der Waals surface area contributed by atoms with Crippen LogP contribution in [0.4, 0.5) is 5.69 Å². The minimum atomic E-state index is -0.184. The summed E-state index contributed by atoms with van der Waals surface area (Å²) >= 11 is 0. The average molecular weight is 220 g/mol. The van der Waals surface area contributed by atoms with Crippen molar-refractivity contribution in [2.24, 2.45) is 0 Å². The van der Waals surface area contributed by atoms with Gasteiger partial charge >= 0.3 is 0 Å². The lowest BCUT2D eigenvalue weighted by Crippen LogP contribution is -2.25. The molecule has 1 aromatic carbocycles. The van der Waals surface area contributed by atoms with Gasteiger partial charge in [-0.15, -0.1) is 0 Å². The number of para-hydroxylation sites is 1. The monoisotopic (exact) mass is 220 g/mol. The van der Waals surface area contributed by atoms with Crippen molar-refractivity contribution in [3.63, 3.8) is 0 Å². The largest absolute Gasteiger partial charge is 0.352 e. The van der Waals surface area contributed by atoms with Crippen LogP contribution >= 0.6 is 0 Å². The molecular weight excluding hydrogens is 204 g/mol. The maximum absolute atomic E-state index is 11.7. The Hall–Kier alpha value is -1.84. The van der Waals surface area contributed by atoms with E-state index < -0.39 is 0 Å². The Balaban J connectivity index is 2.85. The van der Waals surface area contributed by atoms with Crippen LogP contribution in [0.3, 0.4) is 0 Å². The summed E-state index contributed by atoms with van der Waals surface area (Å²) in [5.74, 6) is -0.345. The SMILES string of the molecule is CCCNC(=O)c1ccccc1NC(C)=O. The smallest absolute Gasteiger partial charge is 0.253 e. The summed E-state index contributed by atoms with van der Waals surface area (Å²) < 4.78 is 0. The molecule has 2 N–H and O–H groups in total. The van der Waals surface area contributed by atoms with E-state index in [0.717, 1.165) is 6.42 Å². The van der Waals surface area contributed by atoms with Gasteiger partial charge in [0, 0.05) is 13.5 Å². The number of nitrogens with one attached hydrogen (secondary N) is 2. The minimum absolute atomic E-state index is 0.161. The molecule has 1 rings (SSSR count). The van der Waals surface area contributed by atoms with E-state index in [2.05, 4.69) is 10.6 Å². The van der Waals surface area contributed by atoms with Gasteiger partial charge in [-0.2, -0.15) is 0 Å². The van der Waals surface area contributed by atoms with Crippen LogP contribution in [-0.2, 0) is 4.79 Å². The first-order valence-electron chi connectivity index (χ1n) is 5.30. The van der Waals surface area contributed by atoms with Gasteiger partial charge in [-0.1, -0.05) is 19.1 Å². The average Bonchev–Trinajstić information content (AvgIpc) is 2.26. The van der Waals surface area contributed by atoms with Gasteiger partial charge in [-0.3, -0.25) is 9.59 Å². The predicted octanol–water partition coefficient (Wildman–Crippen LogP) is 1.78. The van der Waals surface area contributed by atoms with Crippen LogP contribution in [0.1, 0.15) is 30.6 Å². The third-order valence-corrected chi connectivity index (χ3v) is 2.02. The molecule has 0 aliphatic heterocycles. The Kier molecular flexibility index (Phi) is 4.51. The van der Waals surface area contributed by atoms with Gasteiger partial charge < -0.3 is 10.6 Å². The molecule has 0 aliphatic carbocycles. The molecule has 0 bridgehead atoms. The first-order chi connectivity index (χ1) is 7.65. The molecule has 16 heavy (non-hydrogen) atoms. The van der Waals surface area contributed by atoms with E-state index in [-0.39, 0.29) is 11.8 Å². The number of hydrogen-bond acceptors (Lipinski definition) is 2. The van der Waals surface area contributed by atoms with Crippen LogP contribution < -0.4 is 10.6 Å². The predicted molar refractivity (Wildman–Crippen MR) is 63.4 cm³/mol. The summed E-state index contributed by atoms with van der Waals surface area (Å²) in [4.78, 5) is 22.7. The van der Waals surface area contributed by atoms with Crippen molar-refractivity contribution in [1.82, 2.24) is 5.32 Å². The van der Waals surface area contributed by atoms with Gasteiger partial charge in [-0.05, 0) is 18.6 Å². The zero-order chi connectivity index (χ0) is 12.0. The molecule has 0 spiro atoms. The Bertz CT molecular complexity index is 388. The quantitative estimate of drug-likeness (QED) is 0.812. The van der Waals surface area contributed by atoms with E-state index >= 15 is 0 Å². The second-order valence-corrected chi connectivity index (χ2v) is 3.48. The van der Waals surface area contributed by atoms with Gasteiger partial charge in [0.15, 0.2) is 0 Å². The molecule has 0 atom stereocenters. The minimum Gasteiger partial charge on any atom is -0.352 e. The molecule has 0 saturated heterocycles. The summed E-state index contributed by atoms with van der Waals surface area (Å²) in [6.45, 7) is 4.04. The molecule has 0 unspecified atom stereocenters. The Morgan fingerprint density at radius 1 is 1.25 bits per heavy atom. The lowest BCUT2D eigenvalue weighted by molar-refractivity contribution is -0.114. The molecule has 86 valence electrons. The van der Waals surface area contributed by atoms with Gasteiger partial charge in [0.25, 0.3) is 5.91 Å². The maximum Gasteiger partial charge on any atom is 0.253 e. The number of carbonyl (C=O) groups excluding carboxylic acids is 2. The topological polar surface area (TPSA) is 58.2 Å². The lowest BCUT2D eigenvalue weighted by atomic mass is 10.1. The number of hydrogen-bond donors (Lipinski definition) is 2. The summed E-state index contributed by atoms with van der Waals surface area (Å²) in [5.41, 5.74) is 1.04. The summed E-state index contributed by atoms with van der Waals surface area (Å²) in [7, 11) is 0. The van der Waals surface area contributed by atoms with E-state index in [9.17, 15) is 9.59 Å². The molecule has 0 radical (unpaired) electrons. The molecule has 0 aliphatic rings. The summed E-state index contributed by atoms with van der Waals surface area (Å²) in [6.07, 6.45) is 0.883.